The van der Waals surface area contributed by atoms with Crippen LogP contribution in [-0.4, -0.2) is 28.5 Å². The number of piperidine rings is 1. The van der Waals surface area contributed by atoms with Crippen LogP contribution in [0.15, 0.2) is 78.9 Å². The van der Waals surface area contributed by atoms with E-state index >= 15 is 0 Å². The number of aromatic nitrogens is 2. The zero-order valence-corrected chi connectivity index (χ0v) is 19.3. The van der Waals surface area contributed by atoms with Crippen molar-refractivity contribution in [1.82, 2.24) is 14.9 Å². The first-order valence-corrected chi connectivity index (χ1v) is 11.9. The van der Waals surface area contributed by atoms with Gasteiger partial charge in [0.1, 0.15) is 5.82 Å². The molecule has 0 bridgehead atoms. The zero-order valence-electron chi connectivity index (χ0n) is 19.3. The standard InChI is InChI=1S/C28H29FN4O/c1-20(22-9-3-2-4-10-22)30-27(34)23-14-16-32(17-15-23)28-31-25-12-5-6-13-26(25)33(28)19-21-8-7-11-24(29)18-21/h2-13,18,20,23H,14-17,19H2,1H3,(H,30,34). The Morgan fingerprint density at radius 3 is 2.53 bits per heavy atom. The van der Waals surface area contributed by atoms with Gasteiger partial charge in [-0.1, -0.05) is 54.6 Å². The fourth-order valence-corrected chi connectivity index (χ4v) is 4.78. The van der Waals surface area contributed by atoms with Crippen LogP contribution in [0.3, 0.4) is 0 Å². The van der Waals surface area contributed by atoms with Crippen LogP contribution < -0.4 is 10.2 Å². The summed E-state index contributed by atoms with van der Waals surface area (Å²) in [5, 5.41) is 3.18. The van der Waals surface area contributed by atoms with Gasteiger partial charge in [0.15, 0.2) is 0 Å². The topological polar surface area (TPSA) is 50.2 Å². The summed E-state index contributed by atoms with van der Waals surface area (Å²) in [5.74, 6) is 0.745. The summed E-state index contributed by atoms with van der Waals surface area (Å²) >= 11 is 0. The van der Waals surface area contributed by atoms with Gasteiger partial charge in [-0.05, 0) is 55.2 Å². The van der Waals surface area contributed by atoms with Crippen molar-refractivity contribution in [2.45, 2.75) is 32.4 Å². The monoisotopic (exact) mass is 456 g/mol. The minimum atomic E-state index is -0.236. The number of amides is 1. The summed E-state index contributed by atoms with van der Waals surface area (Å²) in [6.45, 7) is 4.08. The largest absolute Gasteiger partial charge is 0.349 e. The van der Waals surface area contributed by atoms with Gasteiger partial charge in [0.2, 0.25) is 11.9 Å². The molecule has 0 radical (unpaired) electrons. The van der Waals surface area contributed by atoms with Gasteiger partial charge in [0, 0.05) is 19.0 Å². The van der Waals surface area contributed by atoms with Gasteiger partial charge in [-0.2, -0.15) is 0 Å². The summed E-state index contributed by atoms with van der Waals surface area (Å²) < 4.78 is 16.0. The third kappa shape index (κ3) is 4.67. The molecule has 5 nitrogen and oxygen atoms in total. The summed E-state index contributed by atoms with van der Waals surface area (Å²) in [7, 11) is 0. The lowest BCUT2D eigenvalue weighted by molar-refractivity contribution is -0.126. The lowest BCUT2D eigenvalue weighted by Crippen LogP contribution is -2.42. The van der Waals surface area contributed by atoms with Crippen LogP contribution in [0.1, 0.15) is 36.9 Å². The van der Waals surface area contributed by atoms with E-state index in [9.17, 15) is 9.18 Å². The summed E-state index contributed by atoms with van der Waals surface area (Å²) in [6, 6.07) is 24.8. The highest BCUT2D eigenvalue weighted by molar-refractivity contribution is 5.80. The van der Waals surface area contributed by atoms with Gasteiger partial charge >= 0.3 is 0 Å². The fourth-order valence-electron chi connectivity index (χ4n) is 4.78. The minimum absolute atomic E-state index is 0.0107. The van der Waals surface area contributed by atoms with E-state index < -0.39 is 0 Å². The van der Waals surface area contributed by atoms with Crippen molar-refractivity contribution >= 4 is 22.9 Å². The number of imidazole rings is 1. The van der Waals surface area contributed by atoms with Crippen LogP contribution in [0.5, 0.6) is 0 Å². The van der Waals surface area contributed by atoms with E-state index in [1.165, 1.54) is 6.07 Å². The second-order valence-electron chi connectivity index (χ2n) is 9.02. The van der Waals surface area contributed by atoms with Crippen molar-refractivity contribution in [2.75, 3.05) is 18.0 Å². The van der Waals surface area contributed by atoms with Gasteiger partial charge in [-0.25, -0.2) is 9.37 Å². The Morgan fingerprint density at radius 2 is 1.76 bits per heavy atom. The lowest BCUT2D eigenvalue weighted by Gasteiger charge is -2.33. The van der Waals surface area contributed by atoms with Crippen LogP contribution in [0.4, 0.5) is 10.3 Å². The molecule has 4 aromatic rings. The molecule has 6 heteroatoms. The van der Waals surface area contributed by atoms with E-state index in [1.54, 1.807) is 12.1 Å². The maximum Gasteiger partial charge on any atom is 0.223 e. The number of carbonyl (C=O) groups excluding carboxylic acids is 1. The number of fused-ring (bicyclic) bond motifs is 1. The molecule has 1 atom stereocenters. The second-order valence-corrected chi connectivity index (χ2v) is 9.02. The van der Waals surface area contributed by atoms with E-state index in [0.29, 0.717) is 6.54 Å². The average molecular weight is 457 g/mol. The van der Waals surface area contributed by atoms with E-state index in [-0.39, 0.29) is 23.7 Å². The number of carbonyl (C=O) groups is 1. The number of nitrogens with zero attached hydrogens (tertiary/aromatic N) is 3. The van der Waals surface area contributed by atoms with Crippen molar-refractivity contribution in [3.8, 4) is 0 Å². The van der Waals surface area contributed by atoms with Gasteiger partial charge in [0.05, 0.1) is 23.6 Å². The highest BCUT2D eigenvalue weighted by Crippen LogP contribution is 2.28. The second kappa shape index (κ2) is 9.67. The lowest BCUT2D eigenvalue weighted by atomic mass is 9.95. The van der Waals surface area contributed by atoms with Gasteiger partial charge in [-0.3, -0.25) is 4.79 Å². The Kier molecular flexibility index (Phi) is 6.30. The fraction of sp³-hybridized carbons (Fsp3) is 0.286. The Bertz CT molecular complexity index is 1280. The normalized spacial score (nSPS) is 15.4. The summed E-state index contributed by atoms with van der Waals surface area (Å²) in [4.78, 5) is 20.1. The molecule has 3 aromatic carbocycles. The van der Waals surface area contributed by atoms with E-state index in [1.807, 2.05) is 61.5 Å². The van der Waals surface area contributed by atoms with Crippen LogP contribution in [0, 0.1) is 11.7 Å². The molecule has 1 amide bonds. The third-order valence-corrected chi connectivity index (χ3v) is 6.67. The first-order valence-electron chi connectivity index (χ1n) is 11.9. The van der Waals surface area contributed by atoms with Crippen molar-refractivity contribution in [1.29, 1.82) is 0 Å². The predicted molar refractivity (Wildman–Crippen MR) is 133 cm³/mol. The van der Waals surface area contributed by atoms with Gasteiger partial charge in [-0.15, -0.1) is 0 Å². The maximum atomic E-state index is 13.8. The molecule has 1 fully saturated rings. The van der Waals surface area contributed by atoms with E-state index in [4.69, 9.17) is 4.98 Å². The molecule has 5 rings (SSSR count). The van der Waals surface area contributed by atoms with E-state index in [0.717, 1.165) is 54.0 Å². The molecule has 1 saturated heterocycles. The molecule has 34 heavy (non-hydrogen) atoms. The highest BCUT2D eigenvalue weighted by Gasteiger charge is 2.28. The molecule has 1 aliphatic rings. The molecule has 2 heterocycles. The first-order chi connectivity index (χ1) is 16.6. The minimum Gasteiger partial charge on any atom is -0.349 e. The maximum absolute atomic E-state index is 13.8. The van der Waals surface area contributed by atoms with Crippen LogP contribution in [0.2, 0.25) is 0 Å². The summed E-state index contributed by atoms with van der Waals surface area (Å²) in [6.07, 6.45) is 1.55. The molecule has 0 spiro atoms. The first kappa shape index (κ1) is 22.1. The molecule has 1 aliphatic heterocycles. The van der Waals surface area contributed by atoms with Crippen molar-refractivity contribution in [2.24, 2.45) is 5.92 Å². The Hall–Kier alpha value is -3.67. The number of rotatable bonds is 6. The van der Waals surface area contributed by atoms with Gasteiger partial charge < -0.3 is 14.8 Å². The van der Waals surface area contributed by atoms with Crippen molar-refractivity contribution in [3.63, 3.8) is 0 Å². The molecular weight excluding hydrogens is 427 g/mol. The number of nitrogens with one attached hydrogen (secondary N) is 1. The number of para-hydroxylation sites is 2. The number of hydrogen-bond donors (Lipinski definition) is 1. The molecular formula is C28H29FN4O. The molecule has 174 valence electrons. The van der Waals surface area contributed by atoms with Crippen LogP contribution >= 0.6 is 0 Å². The molecule has 1 N–H and O–H groups in total. The zero-order chi connectivity index (χ0) is 23.5. The molecule has 0 aliphatic carbocycles. The number of anilines is 1. The average Bonchev–Trinajstić information content (AvgIpc) is 3.23. The third-order valence-electron chi connectivity index (χ3n) is 6.67. The molecule has 1 aromatic heterocycles. The van der Waals surface area contributed by atoms with Gasteiger partial charge in [0.25, 0.3) is 0 Å². The quantitative estimate of drug-likeness (QED) is 0.427. The number of halogens is 1. The van der Waals surface area contributed by atoms with Crippen molar-refractivity contribution in [3.05, 3.63) is 95.8 Å². The molecule has 1 unspecified atom stereocenters. The molecule has 0 saturated carbocycles. The number of benzene rings is 3. The Balaban J connectivity index is 1.30. The Labute approximate surface area is 199 Å². The summed E-state index contributed by atoms with van der Waals surface area (Å²) in [5.41, 5.74) is 3.96. The van der Waals surface area contributed by atoms with Crippen LogP contribution in [-0.2, 0) is 11.3 Å². The van der Waals surface area contributed by atoms with Crippen molar-refractivity contribution < 1.29 is 9.18 Å². The predicted octanol–water partition coefficient (Wildman–Crippen LogP) is 5.32. The SMILES string of the molecule is CC(NC(=O)C1CCN(c2nc3ccccc3n2Cc2cccc(F)c2)CC1)c1ccccc1. The van der Waals surface area contributed by atoms with E-state index in [2.05, 4.69) is 20.9 Å². The smallest absolute Gasteiger partial charge is 0.223 e. The Morgan fingerprint density at radius 1 is 1.03 bits per heavy atom. The number of hydrogen-bond acceptors (Lipinski definition) is 3. The highest BCUT2D eigenvalue weighted by atomic mass is 19.1. The van der Waals surface area contributed by atoms with Crippen LogP contribution in [0.25, 0.3) is 11.0 Å².